The van der Waals surface area contributed by atoms with Crippen molar-refractivity contribution < 1.29 is 0 Å². The van der Waals surface area contributed by atoms with Gasteiger partial charge in [-0.2, -0.15) is 0 Å². The van der Waals surface area contributed by atoms with Crippen LogP contribution in [-0.4, -0.2) is 4.57 Å². The molecule has 0 amide bonds. The molecule has 8 aromatic carbocycles. The van der Waals surface area contributed by atoms with Crippen molar-refractivity contribution in [2.75, 3.05) is 4.90 Å². The third-order valence-electron chi connectivity index (χ3n) is 9.14. The van der Waals surface area contributed by atoms with Crippen LogP contribution in [0.3, 0.4) is 0 Å². The summed E-state index contributed by atoms with van der Waals surface area (Å²) in [5.74, 6) is 0. The smallest absolute Gasteiger partial charge is 0.0541 e. The Bertz CT molecular complexity index is 2470. The van der Waals surface area contributed by atoms with Gasteiger partial charge in [0.25, 0.3) is 0 Å². The van der Waals surface area contributed by atoms with Crippen molar-refractivity contribution in [3.63, 3.8) is 0 Å². The predicted octanol–water partition coefficient (Wildman–Crippen LogP) is 12.2. The SMILES string of the molecule is c1ccc(N(c2ccc(-n3c4ccccc4c4ccccc43)cc2)c2cccc3cc(-c4ccc5ccccc5c4)ccc23)cc1. The summed E-state index contributed by atoms with van der Waals surface area (Å²) in [6.07, 6.45) is 0. The second-order valence-electron chi connectivity index (χ2n) is 11.8. The Morgan fingerprint density at radius 2 is 0.913 bits per heavy atom. The third-order valence-corrected chi connectivity index (χ3v) is 9.14. The quantitative estimate of drug-likeness (QED) is 0.195. The summed E-state index contributed by atoms with van der Waals surface area (Å²) in [4.78, 5) is 2.37. The van der Waals surface area contributed by atoms with Gasteiger partial charge in [-0.1, -0.05) is 115 Å². The topological polar surface area (TPSA) is 8.17 Å². The van der Waals surface area contributed by atoms with Crippen LogP contribution in [0.15, 0.2) is 182 Å². The molecule has 46 heavy (non-hydrogen) atoms. The highest BCUT2D eigenvalue weighted by atomic mass is 15.1. The van der Waals surface area contributed by atoms with E-state index in [0.717, 1.165) is 22.7 Å². The van der Waals surface area contributed by atoms with Crippen molar-refractivity contribution in [2.45, 2.75) is 0 Å². The zero-order valence-corrected chi connectivity index (χ0v) is 25.2. The van der Waals surface area contributed by atoms with Gasteiger partial charge in [0.1, 0.15) is 0 Å². The van der Waals surface area contributed by atoms with E-state index >= 15 is 0 Å². The van der Waals surface area contributed by atoms with Gasteiger partial charge in [0, 0.05) is 33.2 Å². The van der Waals surface area contributed by atoms with Crippen molar-refractivity contribution in [3.8, 4) is 16.8 Å². The first-order valence-electron chi connectivity index (χ1n) is 15.8. The second kappa shape index (κ2) is 10.8. The monoisotopic (exact) mass is 586 g/mol. The number of rotatable bonds is 5. The van der Waals surface area contributed by atoms with Gasteiger partial charge < -0.3 is 9.47 Å². The number of aromatic nitrogens is 1. The zero-order chi connectivity index (χ0) is 30.5. The fourth-order valence-corrected chi connectivity index (χ4v) is 6.97. The van der Waals surface area contributed by atoms with Crippen LogP contribution in [0.2, 0.25) is 0 Å². The Balaban J connectivity index is 1.16. The number of para-hydroxylation sites is 3. The standard InChI is InChI=1S/C44H30N2/c1-2-14-36(15-3-1)45(37-24-26-38(27-25-37)46-43-18-8-6-16-40(43)41-17-7-9-19-44(41)46)42-20-10-13-35-30-34(23-28-39(35)42)33-22-21-31-11-4-5-12-32(31)29-33/h1-30H. The van der Waals surface area contributed by atoms with E-state index < -0.39 is 0 Å². The lowest BCUT2D eigenvalue weighted by Crippen LogP contribution is -2.10. The molecule has 216 valence electrons. The van der Waals surface area contributed by atoms with Crippen molar-refractivity contribution in [3.05, 3.63) is 182 Å². The minimum atomic E-state index is 1.11. The van der Waals surface area contributed by atoms with Crippen molar-refractivity contribution >= 4 is 60.4 Å². The summed E-state index contributed by atoms with van der Waals surface area (Å²) < 4.78 is 2.37. The fraction of sp³-hybridized carbons (Fsp3) is 0. The van der Waals surface area contributed by atoms with Crippen LogP contribution in [0, 0.1) is 0 Å². The van der Waals surface area contributed by atoms with Gasteiger partial charge in [0.2, 0.25) is 0 Å². The summed E-state index contributed by atoms with van der Waals surface area (Å²) in [6.45, 7) is 0. The largest absolute Gasteiger partial charge is 0.310 e. The Kier molecular flexibility index (Phi) is 6.17. The number of hydrogen-bond donors (Lipinski definition) is 0. The number of anilines is 3. The van der Waals surface area contributed by atoms with Crippen LogP contribution >= 0.6 is 0 Å². The zero-order valence-electron chi connectivity index (χ0n) is 25.2. The van der Waals surface area contributed by atoms with E-state index in [2.05, 4.69) is 191 Å². The summed E-state index contributed by atoms with van der Waals surface area (Å²) in [5.41, 5.74) is 9.41. The van der Waals surface area contributed by atoms with Crippen LogP contribution in [0.4, 0.5) is 17.1 Å². The molecule has 0 aliphatic heterocycles. The predicted molar refractivity (Wildman–Crippen MR) is 196 cm³/mol. The number of benzene rings is 8. The Morgan fingerprint density at radius 1 is 0.348 bits per heavy atom. The van der Waals surface area contributed by atoms with Crippen molar-refractivity contribution in [1.82, 2.24) is 4.57 Å². The molecular formula is C44H30N2. The summed E-state index contributed by atoms with van der Waals surface area (Å²) in [7, 11) is 0. The van der Waals surface area contributed by atoms with E-state index in [1.807, 2.05) is 0 Å². The van der Waals surface area contributed by atoms with Gasteiger partial charge in [-0.15, -0.1) is 0 Å². The fourth-order valence-electron chi connectivity index (χ4n) is 6.97. The molecule has 0 unspecified atom stereocenters. The molecule has 1 aromatic heterocycles. The third kappa shape index (κ3) is 4.35. The van der Waals surface area contributed by atoms with Gasteiger partial charge in [0.05, 0.1) is 16.7 Å². The lowest BCUT2D eigenvalue weighted by Gasteiger charge is -2.27. The van der Waals surface area contributed by atoms with Crippen molar-refractivity contribution in [2.24, 2.45) is 0 Å². The number of nitrogens with zero attached hydrogens (tertiary/aromatic N) is 2. The molecular weight excluding hydrogens is 556 g/mol. The summed E-state index contributed by atoms with van der Waals surface area (Å²) in [5, 5.41) is 7.48. The Morgan fingerprint density at radius 3 is 1.65 bits per heavy atom. The lowest BCUT2D eigenvalue weighted by atomic mass is 9.97. The van der Waals surface area contributed by atoms with Crippen LogP contribution in [0.25, 0.3) is 60.2 Å². The summed E-state index contributed by atoms with van der Waals surface area (Å²) in [6, 6.07) is 65.7. The molecule has 0 bridgehead atoms. The molecule has 2 nitrogen and oxygen atoms in total. The molecule has 9 rings (SSSR count). The highest BCUT2D eigenvalue weighted by Crippen LogP contribution is 2.41. The normalized spacial score (nSPS) is 11.5. The molecule has 0 saturated carbocycles. The first-order chi connectivity index (χ1) is 22.8. The van der Waals surface area contributed by atoms with E-state index in [0.29, 0.717) is 0 Å². The molecule has 0 spiro atoms. The first kappa shape index (κ1) is 26.3. The molecule has 2 heteroatoms. The van der Waals surface area contributed by atoms with Gasteiger partial charge >= 0.3 is 0 Å². The van der Waals surface area contributed by atoms with E-state index in [-0.39, 0.29) is 0 Å². The maximum atomic E-state index is 2.37. The van der Waals surface area contributed by atoms with Gasteiger partial charge in [-0.25, -0.2) is 0 Å². The Labute approximate surface area is 268 Å². The van der Waals surface area contributed by atoms with E-state index in [4.69, 9.17) is 0 Å². The molecule has 0 N–H and O–H groups in total. The van der Waals surface area contributed by atoms with Gasteiger partial charge in [-0.3, -0.25) is 0 Å². The highest BCUT2D eigenvalue weighted by molar-refractivity contribution is 6.09. The average Bonchev–Trinajstić information content (AvgIpc) is 3.47. The number of fused-ring (bicyclic) bond motifs is 5. The molecule has 1 heterocycles. The Hall–Kier alpha value is -6.12. The van der Waals surface area contributed by atoms with E-state index in [9.17, 15) is 0 Å². The minimum absolute atomic E-state index is 1.11. The average molecular weight is 587 g/mol. The van der Waals surface area contributed by atoms with E-state index in [1.165, 1.54) is 54.5 Å². The van der Waals surface area contributed by atoms with Gasteiger partial charge in [-0.05, 0) is 94.0 Å². The van der Waals surface area contributed by atoms with Crippen LogP contribution < -0.4 is 4.90 Å². The molecule has 0 aliphatic rings. The molecule has 0 saturated heterocycles. The summed E-state index contributed by atoms with van der Waals surface area (Å²) >= 11 is 0. The molecule has 0 radical (unpaired) electrons. The number of hydrogen-bond acceptors (Lipinski definition) is 1. The maximum absolute atomic E-state index is 2.37. The second-order valence-corrected chi connectivity index (χ2v) is 11.8. The highest BCUT2D eigenvalue weighted by Gasteiger charge is 2.17. The van der Waals surface area contributed by atoms with Crippen LogP contribution in [0.5, 0.6) is 0 Å². The van der Waals surface area contributed by atoms with E-state index in [1.54, 1.807) is 0 Å². The molecule has 0 atom stereocenters. The maximum Gasteiger partial charge on any atom is 0.0541 e. The molecule has 0 fully saturated rings. The molecule has 0 aliphatic carbocycles. The lowest BCUT2D eigenvalue weighted by molar-refractivity contribution is 1.17. The van der Waals surface area contributed by atoms with Gasteiger partial charge in [0.15, 0.2) is 0 Å². The van der Waals surface area contributed by atoms with Crippen LogP contribution in [-0.2, 0) is 0 Å². The van der Waals surface area contributed by atoms with Crippen LogP contribution in [0.1, 0.15) is 0 Å². The molecule has 9 aromatic rings. The first-order valence-corrected chi connectivity index (χ1v) is 15.8. The van der Waals surface area contributed by atoms with Crippen molar-refractivity contribution in [1.29, 1.82) is 0 Å². The minimum Gasteiger partial charge on any atom is -0.310 e.